The first-order valence-electron chi connectivity index (χ1n) is 17.5. The van der Waals surface area contributed by atoms with Crippen molar-refractivity contribution in [2.24, 2.45) is 5.92 Å². The first-order valence-corrected chi connectivity index (χ1v) is 17.5. The number of rotatable bonds is 16. The van der Waals surface area contributed by atoms with Crippen LogP contribution in [0.5, 0.6) is 5.75 Å². The number of carbonyl (C=O) groups excluding carboxylic acids is 4. The van der Waals surface area contributed by atoms with Gasteiger partial charge in [-0.25, -0.2) is 4.79 Å². The van der Waals surface area contributed by atoms with Gasteiger partial charge in [0, 0.05) is 13.0 Å². The summed E-state index contributed by atoms with van der Waals surface area (Å²) in [6.45, 7) is 0.0515. The van der Waals surface area contributed by atoms with Crippen molar-refractivity contribution < 1.29 is 37.4 Å². The Balaban J connectivity index is 1.33. The van der Waals surface area contributed by atoms with E-state index in [1.807, 2.05) is 36.4 Å². The molecule has 52 heavy (non-hydrogen) atoms. The van der Waals surface area contributed by atoms with Gasteiger partial charge in [-0.15, -0.1) is 0 Å². The number of ether oxygens (including phenoxy) is 2. The first kappa shape index (κ1) is 37.7. The molecular weight excluding hydrogens is 668 g/mol. The average molecular weight is 712 g/mol. The number of nitrogens with one attached hydrogen (secondary N) is 3. The highest BCUT2D eigenvalue weighted by Gasteiger charge is 2.50. The zero-order valence-electron chi connectivity index (χ0n) is 28.8. The maximum absolute atomic E-state index is 15.6. The van der Waals surface area contributed by atoms with Crippen molar-refractivity contribution in [2.75, 3.05) is 0 Å². The third-order valence-corrected chi connectivity index (χ3v) is 9.02. The van der Waals surface area contributed by atoms with Gasteiger partial charge in [-0.2, -0.15) is 8.78 Å². The second-order valence-electron chi connectivity index (χ2n) is 12.9. The van der Waals surface area contributed by atoms with E-state index in [1.54, 1.807) is 78.9 Å². The molecule has 0 radical (unpaired) electrons. The van der Waals surface area contributed by atoms with Crippen LogP contribution in [0, 0.1) is 5.92 Å². The van der Waals surface area contributed by atoms with Gasteiger partial charge in [-0.3, -0.25) is 14.4 Å². The summed E-state index contributed by atoms with van der Waals surface area (Å²) in [4.78, 5) is 53.3. The van der Waals surface area contributed by atoms with Crippen molar-refractivity contribution in [3.8, 4) is 5.75 Å². The second kappa shape index (κ2) is 18.6. The van der Waals surface area contributed by atoms with E-state index in [2.05, 4.69) is 16.0 Å². The topological polar surface area (TPSA) is 123 Å². The molecule has 0 saturated heterocycles. The highest BCUT2D eigenvalue weighted by Crippen LogP contribution is 2.28. The van der Waals surface area contributed by atoms with E-state index in [9.17, 15) is 19.2 Å². The molecule has 11 heteroatoms. The molecule has 1 fully saturated rings. The average Bonchev–Trinajstić information content (AvgIpc) is 3.18. The lowest BCUT2D eigenvalue weighted by Crippen LogP contribution is -2.59. The number of ketones is 1. The molecule has 4 aromatic rings. The molecular formula is C41H43F2N3O6. The molecule has 0 bridgehead atoms. The number of hydrogen-bond acceptors (Lipinski definition) is 6. The van der Waals surface area contributed by atoms with Crippen LogP contribution in [0.3, 0.4) is 0 Å². The fraction of sp³-hybridized carbons (Fsp3) is 0.317. The van der Waals surface area contributed by atoms with E-state index in [0.29, 0.717) is 36.3 Å². The molecule has 9 nitrogen and oxygen atoms in total. The number of amides is 3. The number of carbonyl (C=O) groups is 4. The standard InChI is InChI=1S/C41H43F2N3O6/c42-41(43,39(49)44-26-30-13-5-1-6-14-30)37(47)35(25-29-21-23-34(24-22-29)51-27-31-15-7-2-8-16-31)45-38(48)36(33-19-11-4-12-20-33)46-40(50)52-28-32-17-9-3-10-18-32/h1-3,5-10,13-18,21-24,33,35-36H,4,11-12,19-20,25-28H2,(H,44,49)(H,45,48)(H,46,50)/t35-,36-/m0/s1. The van der Waals surface area contributed by atoms with Gasteiger partial charge in [-0.05, 0) is 53.1 Å². The van der Waals surface area contributed by atoms with E-state index in [4.69, 9.17) is 9.47 Å². The lowest BCUT2D eigenvalue weighted by atomic mass is 9.83. The third kappa shape index (κ3) is 11.0. The Morgan fingerprint density at radius 3 is 1.83 bits per heavy atom. The van der Waals surface area contributed by atoms with Crippen LogP contribution in [0.4, 0.5) is 13.6 Å². The zero-order chi connectivity index (χ0) is 36.8. The van der Waals surface area contributed by atoms with Gasteiger partial charge >= 0.3 is 12.0 Å². The van der Waals surface area contributed by atoms with Crippen LogP contribution >= 0.6 is 0 Å². The first-order chi connectivity index (χ1) is 25.2. The highest BCUT2D eigenvalue weighted by molar-refractivity contribution is 6.10. The number of alkyl carbamates (subject to hydrolysis) is 1. The Morgan fingerprint density at radius 2 is 1.23 bits per heavy atom. The molecule has 4 aromatic carbocycles. The number of alkyl halides is 2. The Morgan fingerprint density at radius 1 is 0.673 bits per heavy atom. The largest absolute Gasteiger partial charge is 0.489 e. The summed E-state index contributed by atoms with van der Waals surface area (Å²) in [6, 6.07) is 30.5. The predicted molar refractivity (Wildman–Crippen MR) is 191 cm³/mol. The minimum absolute atomic E-state index is 0.0395. The summed E-state index contributed by atoms with van der Waals surface area (Å²) >= 11 is 0. The molecule has 2 atom stereocenters. The summed E-state index contributed by atoms with van der Waals surface area (Å²) < 4.78 is 42.5. The summed E-state index contributed by atoms with van der Waals surface area (Å²) in [5.41, 5.74) is 2.71. The molecule has 1 aliphatic rings. The third-order valence-electron chi connectivity index (χ3n) is 9.02. The van der Waals surface area contributed by atoms with Crippen molar-refractivity contribution in [3.05, 3.63) is 138 Å². The van der Waals surface area contributed by atoms with Crippen LogP contribution in [-0.2, 0) is 45.3 Å². The van der Waals surface area contributed by atoms with E-state index in [0.717, 1.165) is 30.4 Å². The smallest absolute Gasteiger partial charge is 0.408 e. The predicted octanol–water partition coefficient (Wildman–Crippen LogP) is 6.69. The minimum atomic E-state index is -4.48. The van der Waals surface area contributed by atoms with E-state index in [-0.39, 0.29) is 25.5 Å². The summed E-state index contributed by atoms with van der Waals surface area (Å²) in [6.07, 6.45) is 2.61. The fourth-order valence-corrected chi connectivity index (χ4v) is 6.15. The summed E-state index contributed by atoms with van der Waals surface area (Å²) in [5.74, 6) is -8.65. The monoisotopic (exact) mass is 711 g/mol. The van der Waals surface area contributed by atoms with E-state index >= 15 is 8.78 Å². The van der Waals surface area contributed by atoms with Crippen LogP contribution in [0.25, 0.3) is 0 Å². The van der Waals surface area contributed by atoms with Crippen molar-refractivity contribution in [3.63, 3.8) is 0 Å². The van der Waals surface area contributed by atoms with Crippen molar-refractivity contribution in [2.45, 2.75) is 76.3 Å². The molecule has 0 unspecified atom stereocenters. The summed E-state index contributed by atoms with van der Waals surface area (Å²) in [7, 11) is 0. The SMILES string of the molecule is O=C(N[C@H](C(=O)N[C@@H](Cc1ccc(OCc2ccccc2)cc1)C(=O)C(F)(F)C(=O)NCc1ccccc1)C1CCCCC1)OCc1ccccc1. The molecule has 272 valence electrons. The zero-order valence-corrected chi connectivity index (χ0v) is 28.8. The second-order valence-corrected chi connectivity index (χ2v) is 12.9. The van der Waals surface area contributed by atoms with E-state index < -0.39 is 41.7 Å². The van der Waals surface area contributed by atoms with Crippen molar-refractivity contribution in [1.82, 2.24) is 16.0 Å². The van der Waals surface area contributed by atoms with Crippen LogP contribution in [0.15, 0.2) is 115 Å². The molecule has 0 spiro atoms. The molecule has 5 rings (SSSR count). The van der Waals surface area contributed by atoms with Gasteiger partial charge in [0.2, 0.25) is 11.7 Å². The fourth-order valence-electron chi connectivity index (χ4n) is 6.15. The van der Waals surface area contributed by atoms with Gasteiger partial charge in [0.05, 0.1) is 6.04 Å². The van der Waals surface area contributed by atoms with Crippen LogP contribution in [-0.4, -0.2) is 41.7 Å². The Kier molecular flexibility index (Phi) is 13.5. The molecule has 0 aromatic heterocycles. The molecule has 1 saturated carbocycles. The quantitative estimate of drug-likeness (QED) is 0.111. The van der Waals surface area contributed by atoms with Gasteiger partial charge in [-0.1, -0.05) is 122 Å². The van der Waals surface area contributed by atoms with E-state index in [1.165, 1.54) is 0 Å². The lowest BCUT2D eigenvalue weighted by Gasteiger charge is -2.31. The Labute approximate surface area is 302 Å². The number of hydrogen-bond donors (Lipinski definition) is 3. The van der Waals surface area contributed by atoms with Crippen molar-refractivity contribution in [1.29, 1.82) is 0 Å². The maximum Gasteiger partial charge on any atom is 0.408 e. The van der Waals surface area contributed by atoms with Crippen LogP contribution in [0.2, 0.25) is 0 Å². The van der Waals surface area contributed by atoms with Crippen LogP contribution in [0.1, 0.15) is 54.4 Å². The molecule has 1 aliphatic carbocycles. The highest BCUT2D eigenvalue weighted by atomic mass is 19.3. The Bertz CT molecular complexity index is 1750. The number of Topliss-reactive ketones (excluding diaryl/α,β-unsaturated/α-hetero) is 1. The Hall–Kier alpha value is -5.58. The lowest BCUT2D eigenvalue weighted by molar-refractivity contribution is -0.160. The summed E-state index contributed by atoms with van der Waals surface area (Å²) in [5, 5.41) is 7.26. The minimum Gasteiger partial charge on any atom is -0.489 e. The van der Waals surface area contributed by atoms with Gasteiger partial charge in [0.25, 0.3) is 5.91 Å². The molecule has 0 aliphatic heterocycles. The molecule has 0 heterocycles. The molecule has 3 N–H and O–H groups in total. The van der Waals surface area contributed by atoms with Gasteiger partial charge in [0.1, 0.15) is 25.0 Å². The normalized spacial score (nSPS) is 14.3. The van der Waals surface area contributed by atoms with Gasteiger partial charge < -0.3 is 25.4 Å². The van der Waals surface area contributed by atoms with Gasteiger partial charge in [0.15, 0.2) is 0 Å². The number of halogens is 2. The maximum atomic E-state index is 15.6. The van der Waals surface area contributed by atoms with Crippen LogP contribution < -0.4 is 20.7 Å². The number of benzene rings is 4. The molecule has 3 amide bonds. The van der Waals surface area contributed by atoms with Crippen molar-refractivity contribution >= 4 is 23.7 Å².